The molecule has 0 bridgehead atoms. The maximum atomic E-state index is 13.1. The van der Waals surface area contributed by atoms with Crippen LogP contribution in [0.25, 0.3) is 11.0 Å². The molecule has 0 spiro atoms. The molecule has 2 N–H and O–H groups in total. The number of imide groups is 1. The molecule has 3 rings (SSSR count). The highest BCUT2D eigenvalue weighted by molar-refractivity contribution is 6.08. The molecule has 2 aromatic heterocycles. The Morgan fingerprint density at radius 2 is 2.17 bits per heavy atom. The number of ether oxygens (including phenoxy) is 1. The van der Waals surface area contributed by atoms with Gasteiger partial charge >= 0.3 is 6.03 Å². The van der Waals surface area contributed by atoms with E-state index in [4.69, 9.17) is 9.15 Å². The minimum absolute atomic E-state index is 0.115. The first kappa shape index (κ1) is 25.9. The van der Waals surface area contributed by atoms with E-state index in [1.54, 1.807) is 31.5 Å². The van der Waals surface area contributed by atoms with Gasteiger partial charge in [0.25, 0.3) is 5.91 Å². The minimum atomic E-state index is -1.58. The number of carbonyl (C=O) groups is 3. The molecule has 2 aromatic rings. The zero-order valence-corrected chi connectivity index (χ0v) is 20.6. The molecule has 9 nitrogen and oxygen atoms in total. The number of hydrogen-bond acceptors (Lipinski definition) is 6. The third-order valence-electron chi connectivity index (χ3n) is 5.97. The fourth-order valence-corrected chi connectivity index (χ4v) is 3.91. The summed E-state index contributed by atoms with van der Waals surface area (Å²) in [7, 11) is 1.61. The van der Waals surface area contributed by atoms with Crippen molar-refractivity contribution >= 4 is 28.8 Å². The zero-order valence-electron chi connectivity index (χ0n) is 20.6. The Hall–Kier alpha value is -3.72. The number of amides is 4. The van der Waals surface area contributed by atoms with Crippen LogP contribution in [0.5, 0.6) is 0 Å². The Morgan fingerprint density at radius 1 is 1.40 bits per heavy atom. The van der Waals surface area contributed by atoms with Gasteiger partial charge in [-0.3, -0.25) is 19.9 Å². The standard InChI is InChI=1S/C26H32N4O5/c1-6-8-9-19(11-10-17(3)34-5)15-30(18(4)31)16-26(24(32)28-25(33)29-26)23-14-20-21(7-2)27-13-12-22(20)35-23/h6,9-14,17H,1,7-8,15-16H2,2-5H3,(H2,28,29,32,33)/b11-10-,19-9+/t17?,26-/m0/s1. The van der Waals surface area contributed by atoms with Gasteiger partial charge in [-0.1, -0.05) is 31.2 Å². The van der Waals surface area contributed by atoms with E-state index in [9.17, 15) is 14.4 Å². The maximum Gasteiger partial charge on any atom is 0.322 e. The lowest BCUT2D eigenvalue weighted by Gasteiger charge is -2.31. The molecule has 35 heavy (non-hydrogen) atoms. The lowest BCUT2D eigenvalue weighted by Crippen LogP contribution is -2.53. The van der Waals surface area contributed by atoms with Crippen LogP contribution >= 0.6 is 0 Å². The van der Waals surface area contributed by atoms with Crippen LogP contribution in [0.2, 0.25) is 0 Å². The summed E-state index contributed by atoms with van der Waals surface area (Å²) in [6.07, 6.45) is 10.3. The van der Waals surface area contributed by atoms with E-state index >= 15 is 0 Å². The summed E-state index contributed by atoms with van der Waals surface area (Å²) in [6, 6.07) is 2.78. The van der Waals surface area contributed by atoms with Crippen LogP contribution in [0, 0.1) is 0 Å². The van der Waals surface area contributed by atoms with Gasteiger partial charge in [0.1, 0.15) is 11.3 Å². The fraction of sp³-hybridized carbons (Fsp3) is 0.385. The number of nitrogens with zero attached hydrogens (tertiary/aromatic N) is 2. The van der Waals surface area contributed by atoms with Crippen molar-refractivity contribution < 1.29 is 23.5 Å². The van der Waals surface area contributed by atoms with E-state index in [0.29, 0.717) is 18.4 Å². The largest absolute Gasteiger partial charge is 0.458 e. The normalized spacial score (nSPS) is 19.1. The summed E-state index contributed by atoms with van der Waals surface area (Å²) in [4.78, 5) is 44.0. The van der Waals surface area contributed by atoms with E-state index in [0.717, 1.165) is 16.7 Å². The molecule has 1 unspecified atom stereocenters. The van der Waals surface area contributed by atoms with Crippen LogP contribution < -0.4 is 10.6 Å². The second kappa shape index (κ2) is 11.1. The first-order chi connectivity index (χ1) is 16.7. The summed E-state index contributed by atoms with van der Waals surface area (Å²) < 4.78 is 11.3. The Bertz CT molecular complexity index is 1180. The first-order valence-electron chi connectivity index (χ1n) is 11.5. The Labute approximate surface area is 204 Å². The van der Waals surface area contributed by atoms with Gasteiger partial charge in [-0.25, -0.2) is 4.79 Å². The number of aryl methyl sites for hydroxylation is 1. The van der Waals surface area contributed by atoms with Crippen molar-refractivity contribution in [2.45, 2.75) is 45.3 Å². The number of urea groups is 1. The van der Waals surface area contributed by atoms with Crippen molar-refractivity contribution in [1.29, 1.82) is 0 Å². The molecular formula is C26H32N4O5. The predicted molar refractivity (Wildman–Crippen MR) is 133 cm³/mol. The van der Waals surface area contributed by atoms with Gasteiger partial charge in [-0.15, -0.1) is 6.58 Å². The van der Waals surface area contributed by atoms with Crippen LogP contribution in [0.15, 0.2) is 59.2 Å². The number of carbonyl (C=O) groups excluding carboxylic acids is 3. The van der Waals surface area contributed by atoms with Crippen LogP contribution in [-0.2, 0) is 26.3 Å². The molecule has 0 aromatic carbocycles. The van der Waals surface area contributed by atoms with E-state index in [1.807, 2.05) is 32.1 Å². The number of methoxy groups -OCH3 is 1. The number of pyridine rings is 1. The van der Waals surface area contributed by atoms with Crippen molar-refractivity contribution in [3.8, 4) is 0 Å². The quantitative estimate of drug-likeness (QED) is 0.290. The Kier molecular flexibility index (Phi) is 8.24. The Morgan fingerprint density at radius 3 is 2.77 bits per heavy atom. The van der Waals surface area contributed by atoms with Gasteiger partial charge in [0.15, 0.2) is 5.54 Å². The molecule has 1 fully saturated rings. The molecule has 0 aliphatic carbocycles. The highest BCUT2D eigenvalue weighted by atomic mass is 16.5. The van der Waals surface area contributed by atoms with Gasteiger partial charge in [0.2, 0.25) is 5.91 Å². The molecule has 9 heteroatoms. The summed E-state index contributed by atoms with van der Waals surface area (Å²) >= 11 is 0. The average molecular weight is 481 g/mol. The molecule has 3 heterocycles. The van der Waals surface area contributed by atoms with Crippen LogP contribution in [0.3, 0.4) is 0 Å². The maximum absolute atomic E-state index is 13.1. The number of allylic oxidation sites excluding steroid dienone is 2. The summed E-state index contributed by atoms with van der Waals surface area (Å²) in [5, 5.41) is 5.77. The third-order valence-corrected chi connectivity index (χ3v) is 5.97. The molecule has 1 aliphatic rings. The van der Waals surface area contributed by atoms with Gasteiger partial charge in [0.05, 0.1) is 18.3 Å². The first-order valence-corrected chi connectivity index (χ1v) is 11.5. The molecule has 2 atom stereocenters. The summed E-state index contributed by atoms with van der Waals surface area (Å²) in [6.45, 7) is 9.15. The van der Waals surface area contributed by atoms with Crippen LogP contribution in [0.1, 0.15) is 38.6 Å². The number of furan rings is 1. The SMILES string of the molecule is C=CC/C=C(\C=C/C(C)OC)CN(C[C@@]1(c2cc3c(CC)nccc3o2)NC(=O)NC1=O)C(C)=O. The van der Waals surface area contributed by atoms with Crippen molar-refractivity contribution in [2.75, 3.05) is 20.2 Å². The number of rotatable bonds is 11. The molecule has 186 valence electrons. The molecule has 4 amide bonds. The van der Waals surface area contributed by atoms with Gasteiger partial charge < -0.3 is 19.4 Å². The second-order valence-corrected chi connectivity index (χ2v) is 8.43. The lowest BCUT2D eigenvalue weighted by atomic mass is 9.94. The van der Waals surface area contributed by atoms with Crippen molar-refractivity contribution in [1.82, 2.24) is 20.5 Å². The number of fused-ring (bicyclic) bond motifs is 1. The van der Waals surface area contributed by atoms with E-state index in [-0.39, 0.29) is 30.9 Å². The summed E-state index contributed by atoms with van der Waals surface area (Å²) in [5.41, 5.74) is 0.622. The minimum Gasteiger partial charge on any atom is -0.458 e. The van der Waals surface area contributed by atoms with Crippen LogP contribution in [0.4, 0.5) is 4.79 Å². The smallest absolute Gasteiger partial charge is 0.322 e. The van der Waals surface area contributed by atoms with Crippen molar-refractivity contribution in [3.05, 3.63) is 66.2 Å². The average Bonchev–Trinajstić information content (AvgIpc) is 3.40. The monoisotopic (exact) mass is 480 g/mol. The molecule has 0 radical (unpaired) electrons. The summed E-state index contributed by atoms with van der Waals surface area (Å²) in [5.74, 6) is -0.605. The Balaban J connectivity index is 2.02. The topological polar surface area (TPSA) is 114 Å². The van der Waals surface area contributed by atoms with E-state index < -0.39 is 17.5 Å². The highest BCUT2D eigenvalue weighted by Gasteiger charge is 2.52. The predicted octanol–water partition coefficient (Wildman–Crippen LogP) is 3.37. The van der Waals surface area contributed by atoms with Crippen LogP contribution in [-0.4, -0.2) is 54.0 Å². The number of nitrogens with one attached hydrogen (secondary N) is 2. The van der Waals surface area contributed by atoms with Crippen molar-refractivity contribution in [3.63, 3.8) is 0 Å². The van der Waals surface area contributed by atoms with E-state index in [2.05, 4.69) is 22.2 Å². The highest BCUT2D eigenvalue weighted by Crippen LogP contribution is 2.33. The van der Waals surface area contributed by atoms with Gasteiger partial charge in [-0.05, 0) is 37.5 Å². The molecule has 0 saturated carbocycles. The lowest BCUT2D eigenvalue weighted by molar-refractivity contribution is -0.132. The number of aromatic nitrogens is 1. The van der Waals surface area contributed by atoms with Gasteiger partial charge in [0, 0.05) is 32.2 Å². The molecule has 1 saturated heterocycles. The second-order valence-electron chi connectivity index (χ2n) is 8.43. The van der Waals surface area contributed by atoms with Gasteiger partial charge in [-0.2, -0.15) is 0 Å². The molecular weight excluding hydrogens is 448 g/mol. The number of hydrogen-bond donors (Lipinski definition) is 2. The van der Waals surface area contributed by atoms with E-state index in [1.165, 1.54) is 11.8 Å². The van der Waals surface area contributed by atoms with Crippen molar-refractivity contribution in [2.24, 2.45) is 0 Å². The zero-order chi connectivity index (χ0) is 25.6. The molecule has 1 aliphatic heterocycles. The fourth-order valence-electron chi connectivity index (χ4n) is 3.91. The third kappa shape index (κ3) is 5.68.